The molecule has 3 rings (SSSR count). The summed E-state index contributed by atoms with van der Waals surface area (Å²) in [6.45, 7) is 0. The van der Waals surface area contributed by atoms with E-state index in [1.54, 1.807) is 30.2 Å². The predicted molar refractivity (Wildman–Crippen MR) is 82.2 cm³/mol. The topological polar surface area (TPSA) is 22.1 Å². The number of ether oxygens (including phenoxy) is 1. The number of hydrogen-bond acceptors (Lipinski definition) is 4. The van der Waals surface area contributed by atoms with E-state index in [1.807, 2.05) is 24.3 Å². The quantitative estimate of drug-likeness (QED) is 0.655. The molecule has 3 aromatic rings. The predicted octanol–water partition coefficient (Wildman–Crippen LogP) is 4.60. The lowest BCUT2D eigenvalue weighted by Crippen LogP contribution is -1.80. The average molecular weight is 287 g/mol. The maximum atomic E-state index is 5.23. The third-order valence-corrected chi connectivity index (χ3v) is 5.01. The molecule has 0 N–H and O–H groups in total. The highest BCUT2D eigenvalue weighted by atomic mass is 32.2. The van der Waals surface area contributed by atoms with Gasteiger partial charge in [-0.25, -0.2) is 4.98 Å². The Morgan fingerprint density at radius 1 is 1.16 bits per heavy atom. The van der Waals surface area contributed by atoms with Crippen LogP contribution in [0.25, 0.3) is 10.2 Å². The van der Waals surface area contributed by atoms with E-state index in [2.05, 4.69) is 29.2 Å². The van der Waals surface area contributed by atoms with Crippen LogP contribution in [0.1, 0.15) is 5.56 Å². The molecule has 4 heteroatoms. The third kappa shape index (κ3) is 2.91. The van der Waals surface area contributed by atoms with Crippen molar-refractivity contribution in [3.63, 3.8) is 0 Å². The fourth-order valence-corrected chi connectivity index (χ4v) is 3.84. The van der Waals surface area contributed by atoms with E-state index in [-0.39, 0.29) is 0 Å². The normalized spacial score (nSPS) is 10.8. The van der Waals surface area contributed by atoms with Crippen LogP contribution in [0.3, 0.4) is 0 Å². The summed E-state index contributed by atoms with van der Waals surface area (Å²) in [7, 11) is 1.69. The lowest BCUT2D eigenvalue weighted by atomic mass is 10.2. The Bertz CT molecular complexity index is 679. The molecule has 1 heterocycles. The maximum absolute atomic E-state index is 5.23. The first-order chi connectivity index (χ1) is 9.35. The Balaban J connectivity index is 1.78. The summed E-state index contributed by atoms with van der Waals surface area (Å²) in [4.78, 5) is 4.63. The van der Waals surface area contributed by atoms with Crippen LogP contribution >= 0.6 is 23.1 Å². The number of fused-ring (bicyclic) bond motifs is 1. The van der Waals surface area contributed by atoms with Gasteiger partial charge < -0.3 is 4.74 Å². The van der Waals surface area contributed by atoms with Gasteiger partial charge in [-0.15, -0.1) is 11.3 Å². The van der Waals surface area contributed by atoms with E-state index in [0.717, 1.165) is 21.4 Å². The van der Waals surface area contributed by atoms with E-state index >= 15 is 0 Å². The molecule has 0 bridgehead atoms. The second-order valence-corrected chi connectivity index (χ2v) is 6.34. The summed E-state index contributed by atoms with van der Waals surface area (Å²) in [6.07, 6.45) is 0. The number of thiazole rings is 1. The van der Waals surface area contributed by atoms with Gasteiger partial charge in [0.25, 0.3) is 0 Å². The van der Waals surface area contributed by atoms with Gasteiger partial charge in [-0.2, -0.15) is 0 Å². The minimum Gasteiger partial charge on any atom is -0.497 e. The molecular weight excluding hydrogens is 274 g/mol. The maximum Gasteiger partial charge on any atom is 0.151 e. The Kier molecular flexibility index (Phi) is 3.71. The minimum atomic E-state index is 0.885. The Labute approximate surface area is 120 Å². The lowest BCUT2D eigenvalue weighted by Gasteiger charge is -1.97. The third-order valence-electron chi connectivity index (χ3n) is 2.78. The highest BCUT2D eigenvalue weighted by Crippen LogP contribution is 2.33. The smallest absolute Gasteiger partial charge is 0.151 e. The standard InChI is InChI=1S/C15H13NOS2/c1-17-12-7-8-13-14(9-12)19-15(16-13)18-10-11-5-3-2-4-6-11/h2-9H,10H2,1H3. The zero-order chi connectivity index (χ0) is 13.1. The van der Waals surface area contributed by atoms with Gasteiger partial charge in [0.05, 0.1) is 17.3 Å². The number of thioether (sulfide) groups is 1. The van der Waals surface area contributed by atoms with E-state index < -0.39 is 0 Å². The van der Waals surface area contributed by atoms with Gasteiger partial charge in [0.1, 0.15) is 5.75 Å². The molecule has 0 atom stereocenters. The first kappa shape index (κ1) is 12.5. The molecular formula is C15H13NOS2. The van der Waals surface area contributed by atoms with Crippen molar-refractivity contribution in [2.45, 2.75) is 10.1 Å². The molecule has 0 amide bonds. The van der Waals surface area contributed by atoms with Crippen LogP contribution in [-0.4, -0.2) is 12.1 Å². The average Bonchev–Trinajstić information content (AvgIpc) is 2.88. The van der Waals surface area contributed by atoms with Crippen LogP contribution in [-0.2, 0) is 5.75 Å². The molecule has 0 saturated carbocycles. The zero-order valence-corrected chi connectivity index (χ0v) is 12.1. The van der Waals surface area contributed by atoms with E-state index in [1.165, 1.54) is 10.3 Å². The summed E-state index contributed by atoms with van der Waals surface area (Å²) in [5, 5.41) is 0. The van der Waals surface area contributed by atoms with Gasteiger partial charge in [-0.1, -0.05) is 42.1 Å². The molecule has 0 aliphatic rings. The molecule has 0 radical (unpaired) electrons. The van der Waals surface area contributed by atoms with Crippen LogP contribution in [0.4, 0.5) is 0 Å². The van der Waals surface area contributed by atoms with Gasteiger partial charge >= 0.3 is 0 Å². The summed E-state index contributed by atoms with van der Waals surface area (Å²) in [6, 6.07) is 16.5. The van der Waals surface area contributed by atoms with Gasteiger partial charge in [-0.3, -0.25) is 0 Å². The van der Waals surface area contributed by atoms with Gasteiger partial charge in [0, 0.05) is 5.75 Å². The first-order valence-electron chi connectivity index (χ1n) is 5.96. The van der Waals surface area contributed by atoms with Crippen molar-refractivity contribution in [2.75, 3.05) is 7.11 Å². The number of rotatable bonds is 4. The summed E-state index contributed by atoms with van der Waals surface area (Å²) >= 11 is 3.50. The molecule has 96 valence electrons. The molecule has 0 spiro atoms. The highest BCUT2D eigenvalue weighted by Gasteiger charge is 2.05. The number of nitrogens with zero attached hydrogens (tertiary/aromatic N) is 1. The number of hydrogen-bond donors (Lipinski definition) is 0. The molecule has 0 aliphatic carbocycles. The SMILES string of the molecule is COc1ccc2nc(SCc3ccccc3)sc2c1. The number of methoxy groups -OCH3 is 1. The Morgan fingerprint density at radius 2 is 2.00 bits per heavy atom. The molecule has 2 nitrogen and oxygen atoms in total. The van der Waals surface area contributed by atoms with Crippen LogP contribution in [0.5, 0.6) is 5.75 Å². The second-order valence-electron chi connectivity index (χ2n) is 4.09. The molecule has 0 fully saturated rings. The number of aromatic nitrogens is 1. The fourth-order valence-electron chi connectivity index (χ4n) is 1.79. The van der Waals surface area contributed by atoms with Gasteiger partial charge in [0.15, 0.2) is 4.34 Å². The number of benzene rings is 2. The van der Waals surface area contributed by atoms with E-state index in [4.69, 9.17) is 4.74 Å². The summed E-state index contributed by atoms with van der Waals surface area (Å²) < 4.78 is 7.51. The Morgan fingerprint density at radius 3 is 2.79 bits per heavy atom. The second kappa shape index (κ2) is 5.63. The molecule has 1 aromatic heterocycles. The van der Waals surface area contributed by atoms with Crippen molar-refractivity contribution in [1.29, 1.82) is 0 Å². The van der Waals surface area contributed by atoms with Gasteiger partial charge in [0.2, 0.25) is 0 Å². The van der Waals surface area contributed by atoms with E-state index in [9.17, 15) is 0 Å². The summed E-state index contributed by atoms with van der Waals surface area (Å²) in [5.74, 6) is 1.84. The van der Waals surface area contributed by atoms with Crippen molar-refractivity contribution >= 4 is 33.3 Å². The minimum absolute atomic E-state index is 0.885. The monoisotopic (exact) mass is 287 g/mol. The van der Waals surface area contributed by atoms with Crippen molar-refractivity contribution in [2.24, 2.45) is 0 Å². The Hall–Kier alpha value is -1.52. The van der Waals surface area contributed by atoms with Crippen LogP contribution in [0.15, 0.2) is 52.9 Å². The summed E-state index contributed by atoms with van der Waals surface area (Å²) in [5.41, 5.74) is 2.37. The molecule has 2 aromatic carbocycles. The van der Waals surface area contributed by atoms with Crippen LogP contribution in [0, 0.1) is 0 Å². The zero-order valence-electron chi connectivity index (χ0n) is 10.5. The van der Waals surface area contributed by atoms with Crippen molar-refractivity contribution in [3.8, 4) is 5.75 Å². The fraction of sp³-hybridized carbons (Fsp3) is 0.133. The van der Waals surface area contributed by atoms with Crippen LogP contribution < -0.4 is 4.74 Å². The van der Waals surface area contributed by atoms with Gasteiger partial charge in [-0.05, 0) is 23.8 Å². The molecule has 0 aliphatic heterocycles. The molecule has 0 saturated heterocycles. The lowest BCUT2D eigenvalue weighted by molar-refractivity contribution is 0.415. The van der Waals surface area contributed by atoms with Crippen molar-refractivity contribution in [3.05, 3.63) is 54.1 Å². The largest absolute Gasteiger partial charge is 0.497 e. The molecule has 19 heavy (non-hydrogen) atoms. The molecule has 0 unspecified atom stereocenters. The van der Waals surface area contributed by atoms with E-state index in [0.29, 0.717) is 0 Å². The van der Waals surface area contributed by atoms with Crippen molar-refractivity contribution < 1.29 is 4.74 Å². The first-order valence-corrected chi connectivity index (χ1v) is 7.76. The van der Waals surface area contributed by atoms with Crippen LogP contribution in [0.2, 0.25) is 0 Å². The van der Waals surface area contributed by atoms with Crippen molar-refractivity contribution in [1.82, 2.24) is 4.98 Å². The highest BCUT2D eigenvalue weighted by molar-refractivity contribution is 8.00.